The first-order chi connectivity index (χ1) is 14.6. The summed E-state index contributed by atoms with van der Waals surface area (Å²) in [4.78, 5) is 18.8. The minimum absolute atomic E-state index is 0.0348. The zero-order valence-electron chi connectivity index (χ0n) is 16.7. The third kappa shape index (κ3) is 3.82. The molecule has 3 aromatic rings. The Morgan fingerprint density at radius 2 is 2.03 bits per heavy atom. The van der Waals surface area contributed by atoms with Crippen LogP contribution < -0.4 is 9.47 Å². The number of amides is 1. The summed E-state index contributed by atoms with van der Waals surface area (Å²) in [6.07, 6.45) is 0.324. The summed E-state index contributed by atoms with van der Waals surface area (Å²) in [6.45, 7) is 0.967. The SMILES string of the molecule is COc1ccc(CN2CC(c3noc(-c4cccc(C#N)c4)n3)CC2=O)cc1OC. The number of nitrogens with zero attached hydrogens (tertiary/aromatic N) is 4. The van der Waals surface area contributed by atoms with Crippen molar-refractivity contribution in [1.29, 1.82) is 5.26 Å². The molecule has 2 aromatic carbocycles. The lowest BCUT2D eigenvalue weighted by Gasteiger charge is -2.17. The number of likely N-dealkylation sites (tertiary alicyclic amines) is 1. The van der Waals surface area contributed by atoms with E-state index in [2.05, 4.69) is 16.2 Å². The number of aromatic nitrogens is 2. The molecule has 4 rings (SSSR count). The average molecular weight is 404 g/mol. The van der Waals surface area contributed by atoms with Gasteiger partial charge in [-0.3, -0.25) is 4.79 Å². The Morgan fingerprint density at radius 1 is 1.20 bits per heavy atom. The highest BCUT2D eigenvalue weighted by Crippen LogP contribution is 2.32. The van der Waals surface area contributed by atoms with Crippen molar-refractivity contribution in [1.82, 2.24) is 15.0 Å². The molecule has 8 heteroatoms. The minimum atomic E-state index is -0.144. The van der Waals surface area contributed by atoms with Crippen LogP contribution >= 0.6 is 0 Å². The Hall–Kier alpha value is -3.86. The second kappa shape index (κ2) is 8.25. The number of nitriles is 1. The standard InChI is InChI=1S/C22H20N4O4/c1-28-18-7-6-15(9-19(18)29-2)12-26-13-17(10-20(26)27)21-24-22(30-25-21)16-5-3-4-14(8-16)11-23/h3-9,17H,10,12-13H2,1-2H3. The Bertz CT molecular complexity index is 1120. The van der Waals surface area contributed by atoms with Crippen molar-refractivity contribution in [2.24, 2.45) is 0 Å². The molecule has 8 nitrogen and oxygen atoms in total. The van der Waals surface area contributed by atoms with Crippen molar-refractivity contribution in [2.45, 2.75) is 18.9 Å². The second-order valence-corrected chi connectivity index (χ2v) is 7.01. The Labute approximate surface area is 173 Å². The molecule has 1 aliphatic heterocycles. The maximum Gasteiger partial charge on any atom is 0.257 e. The van der Waals surface area contributed by atoms with Gasteiger partial charge in [-0.05, 0) is 35.9 Å². The van der Waals surface area contributed by atoms with Gasteiger partial charge in [0.2, 0.25) is 5.91 Å². The predicted octanol–water partition coefficient (Wildman–Crippen LogP) is 3.14. The van der Waals surface area contributed by atoms with Crippen molar-refractivity contribution in [3.63, 3.8) is 0 Å². The molecule has 0 radical (unpaired) electrons. The van der Waals surface area contributed by atoms with Crippen LogP contribution in [0.4, 0.5) is 0 Å². The van der Waals surface area contributed by atoms with Crippen LogP contribution in [-0.4, -0.2) is 41.7 Å². The fraction of sp³-hybridized carbons (Fsp3) is 0.273. The van der Waals surface area contributed by atoms with E-state index >= 15 is 0 Å². The molecule has 1 aromatic heterocycles. The molecule has 1 saturated heterocycles. The van der Waals surface area contributed by atoms with E-state index in [-0.39, 0.29) is 11.8 Å². The smallest absolute Gasteiger partial charge is 0.257 e. The van der Waals surface area contributed by atoms with Gasteiger partial charge in [-0.2, -0.15) is 10.2 Å². The molecule has 1 unspecified atom stereocenters. The number of carbonyl (C=O) groups excluding carboxylic acids is 1. The molecule has 0 spiro atoms. The van der Waals surface area contributed by atoms with E-state index in [1.807, 2.05) is 18.2 Å². The Balaban J connectivity index is 1.48. The number of hydrogen-bond donors (Lipinski definition) is 0. The number of carbonyl (C=O) groups is 1. The van der Waals surface area contributed by atoms with Gasteiger partial charge in [-0.15, -0.1) is 0 Å². The fourth-order valence-corrected chi connectivity index (χ4v) is 3.54. The zero-order chi connectivity index (χ0) is 21.1. The maximum absolute atomic E-state index is 12.5. The van der Waals surface area contributed by atoms with E-state index < -0.39 is 0 Å². The van der Waals surface area contributed by atoms with Crippen LogP contribution in [0.15, 0.2) is 47.0 Å². The molecule has 30 heavy (non-hydrogen) atoms. The third-order valence-corrected chi connectivity index (χ3v) is 5.08. The normalized spacial score (nSPS) is 15.8. The van der Waals surface area contributed by atoms with E-state index in [4.69, 9.17) is 19.3 Å². The monoisotopic (exact) mass is 404 g/mol. The topological polar surface area (TPSA) is 101 Å². The summed E-state index contributed by atoms with van der Waals surface area (Å²) >= 11 is 0. The molecule has 1 amide bonds. The zero-order valence-corrected chi connectivity index (χ0v) is 16.7. The number of benzene rings is 2. The minimum Gasteiger partial charge on any atom is -0.493 e. The van der Waals surface area contributed by atoms with Crippen LogP contribution in [0.25, 0.3) is 11.5 Å². The van der Waals surface area contributed by atoms with Crippen molar-refractivity contribution < 1.29 is 18.8 Å². The summed E-state index contributed by atoms with van der Waals surface area (Å²) in [5.41, 5.74) is 2.15. The fourth-order valence-electron chi connectivity index (χ4n) is 3.54. The third-order valence-electron chi connectivity index (χ3n) is 5.08. The van der Waals surface area contributed by atoms with Gasteiger partial charge in [-0.1, -0.05) is 17.3 Å². The lowest BCUT2D eigenvalue weighted by molar-refractivity contribution is -0.128. The van der Waals surface area contributed by atoms with Crippen LogP contribution in [0.2, 0.25) is 0 Å². The first-order valence-corrected chi connectivity index (χ1v) is 9.44. The van der Waals surface area contributed by atoms with Crippen LogP contribution in [-0.2, 0) is 11.3 Å². The van der Waals surface area contributed by atoms with Gasteiger partial charge in [0.05, 0.1) is 25.9 Å². The Morgan fingerprint density at radius 3 is 2.80 bits per heavy atom. The van der Waals surface area contributed by atoms with E-state index in [1.165, 1.54) is 0 Å². The van der Waals surface area contributed by atoms with Crippen molar-refractivity contribution in [3.05, 3.63) is 59.4 Å². The van der Waals surface area contributed by atoms with Gasteiger partial charge in [-0.25, -0.2) is 0 Å². The van der Waals surface area contributed by atoms with E-state index in [9.17, 15) is 4.79 Å². The molecule has 152 valence electrons. The lowest BCUT2D eigenvalue weighted by Crippen LogP contribution is -2.24. The summed E-state index contributed by atoms with van der Waals surface area (Å²) in [5, 5.41) is 13.1. The Kier molecular flexibility index (Phi) is 5.35. The van der Waals surface area contributed by atoms with Gasteiger partial charge in [0.1, 0.15) is 0 Å². The largest absolute Gasteiger partial charge is 0.493 e. The number of rotatable bonds is 6. The van der Waals surface area contributed by atoms with E-state index in [1.54, 1.807) is 43.4 Å². The van der Waals surface area contributed by atoms with Crippen molar-refractivity contribution in [2.75, 3.05) is 20.8 Å². The number of ether oxygens (including phenoxy) is 2. The molecule has 1 atom stereocenters. The molecule has 0 bridgehead atoms. The number of hydrogen-bond acceptors (Lipinski definition) is 7. The van der Waals surface area contributed by atoms with E-state index in [0.29, 0.717) is 53.9 Å². The molecule has 1 fully saturated rings. The molecular formula is C22H20N4O4. The van der Waals surface area contributed by atoms with Crippen LogP contribution in [0.5, 0.6) is 11.5 Å². The molecule has 0 saturated carbocycles. The van der Waals surface area contributed by atoms with Crippen molar-refractivity contribution >= 4 is 5.91 Å². The summed E-state index contributed by atoms with van der Waals surface area (Å²) < 4.78 is 16.0. The van der Waals surface area contributed by atoms with Crippen molar-refractivity contribution in [3.8, 4) is 29.0 Å². The van der Waals surface area contributed by atoms with Crippen LogP contribution in [0.3, 0.4) is 0 Å². The van der Waals surface area contributed by atoms with Crippen LogP contribution in [0.1, 0.15) is 29.3 Å². The molecular weight excluding hydrogens is 384 g/mol. The van der Waals surface area contributed by atoms with E-state index in [0.717, 1.165) is 5.56 Å². The quantitative estimate of drug-likeness (QED) is 0.622. The summed E-state index contributed by atoms with van der Waals surface area (Å²) in [5.74, 6) is 2.00. The molecule has 1 aliphatic rings. The maximum atomic E-state index is 12.5. The summed E-state index contributed by atoms with van der Waals surface area (Å²) in [6, 6.07) is 14.7. The van der Waals surface area contributed by atoms with Gasteiger partial charge >= 0.3 is 0 Å². The predicted molar refractivity (Wildman–Crippen MR) is 107 cm³/mol. The highest BCUT2D eigenvalue weighted by molar-refractivity contribution is 5.79. The molecule has 0 N–H and O–H groups in total. The van der Waals surface area contributed by atoms with Gasteiger partial charge in [0, 0.05) is 31.0 Å². The molecule has 0 aliphatic carbocycles. The highest BCUT2D eigenvalue weighted by Gasteiger charge is 2.34. The van der Waals surface area contributed by atoms with Gasteiger partial charge in [0.15, 0.2) is 17.3 Å². The first-order valence-electron chi connectivity index (χ1n) is 9.44. The van der Waals surface area contributed by atoms with Crippen LogP contribution in [0, 0.1) is 11.3 Å². The molecule has 2 heterocycles. The van der Waals surface area contributed by atoms with Gasteiger partial charge < -0.3 is 18.9 Å². The van der Waals surface area contributed by atoms with Gasteiger partial charge in [0.25, 0.3) is 5.89 Å². The highest BCUT2D eigenvalue weighted by atomic mass is 16.5. The summed E-state index contributed by atoms with van der Waals surface area (Å²) in [7, 11) is 3.17. The number of methoxy groups -OCH3 is 2. The first kappa shape index (κ1) is 19.5. The average Bonchev–Trinajstić information content (AvgIpc) is 3.41. The second-order valence-electron chi connectivity index (χ2n) is 7.01. The lowest BCUT2D eigenvalue weighted by atomic mass is 10.1.